The van der Waals surface area contributed by atoms with Gasteiger partial charge >= 0.3 is 0 Å². The van der Waals surface area contributed by atoms with Gasteiger partial charge in [-0.15, -0.1) is 0 Å². The molecule has 1 aromatic heterocycles. The highest BCUT2D eigenvalue weighted by Crippen LogP contribution is 2.06. The molecule has 0 aliphatic carbocycles. The summed E-state index contributed by atoms with van der Waals surface area (Å²) in [6, 6.07) is 3.16. The van der Waals surface area contributed by atoms with Crippen LogP contribution in [0.15, 0.2) is 23.4 Å². The van der Waals surface area contributed by atoms with E-state index in [-0.39, 0.29) is 5.03 Å². The van der Waals surface area contributed by atoms with Gasteiger partial charge in [0.15, 0.2) is 14.9 Å². The highest BCUT2D eigenvalue weighted by Gasteiger charge is 2.07. The Balaban J connectivity index is 2.94. The second-order valence-corrected chi connectivity index (χ2v) is 4.67. The van der Waals surface area contributed by atoms with Crippen molar-refractivity contribution in [1.82, 2.24) is 4.98 Å². The normalized spacial score (nSPS) is 11.5. The number of hydrogen-bond donors (Lipinski definition) is 0. The van der Waals surface area contributed by atoms with E-state index >= 15 is 0 Å². The molecule has 0 saturated carbocycles. The average Bonchev–Trinajstić information content (AvgIpc) is 2.04. The molecule has 0 N–H and O–H groups in total. The van der Waals surface area contributed by atoms with E-state index in [9.17, 15) is 8.42 Å². The van der Waals surface area contributed by atoms with E-state index in [1.54, 1.807) is 13.2 Å². The molecule has 0 aromatic carbocycles. The average molecular weight is 201 g/mol. The van der Waals surface area contributed by atoms with Gasteiger partial charge in [-0.1, -0.05) is 6.07 Å². The Kier molecular flexibility index (Phi) is 3.00. The first-order valence-electron chi connectivity index (χ1n) is 3.68. The maximum atomic E-state index is 11.0. The number of pyridine rings is 1. The third kappa shape index (κ3) is 2.78. The molecular formula is C8H11NO3S. The number of methoxy groups -OCH3 is 1. The number of ether oxygens (including phenoxy) is 1. The molecule has 0 amide bonds. The van der Waals surface area contributed by atoms with Crippen LogP contribution in [0, 0.1) is 0 Å². The predicted molar refractivity (Wildman–Crippen MR) is 48.1 cm³/mol. The first-order chi connectivity index (χ1) is 6.04. The lowest BCUT2D eigenvalue weighted by Gasteiger charge is -2.00. The second kappa shape index (κ2) is 3.85. The van der Waals surface area contributed by atoms with Crippen molar-refractivity contribution < 1.29 is 13.2 Å². The second-order valence-electron chi connectivity index (χ2n) is 2.71. The molecule has 4 nitrogen and oxygen atoms in total. The van der Waals surface area contributed by atoms with E-state index < -0.39 is 9.84 Å². The van der Waals surface area contributed by atoms with Gasteiger partial charge in [-0.2, -0.15) is 0 Å². The van der Waals surface area contributed by atoms with Crippen LogP contribution in [0.25, 0.3) is 0 Å². The number of sulfone groups is 1. The molecule has 1 rings (SSSR count). The molecule has 72 valence electrons. The Bertz CT molecular complexity index is 369. The highest BCUT2D eigenvalue weighted by molar-refractivity contribution is 7.90. The summed E-state index contributed by atoms with van der Waals surface area (Å²) in [6.45, 7) is 0.442. The first kappa shape index (κ1) is 10.1. The van der Waals surface area contributed by atoms with Crippen LogP contribution in [0.4, 0.5) is 0 Å². The van der Waals surface area contributed by atoms with Crippen molar-refractivity contribution in [3.63, 3.8) is 0 Å². The quantitative estimate of drug-likeness (QED) is 0.719. The third-order valence-electron chi connectivity index (χ3n) is 1.49. The van der Waals surface area contributed by atoms with E-state index in [4.69, 9.17) is 4.74 Å². The maximum absolute atomic E-state index is 11.0. The summed E-state index contributed by atoms with van der Waals surface area (Å²) >= 11 is 0. The highest BCUT2D eigenvalue weighted by atomic mass is 32.2. The van der Waals surface area contributed by atoms with Crippen LogP contribution in [0.3, 0.4) is 0 Å². The fourth-order valence-electron chi connectivity index (χ4n) is 0.882. The van der Waals surface area contributed by atoms with Crippen molar-refractivity contribution in [1.29, 1.82) is 0 Å². The number of rotatable bonds is 3. The summed E-state index contributed by atoms with van der Waals surface area (Å²) < 4.78 is 26.9. The van der Waals surface area contributed by atoms with Crippen molar-refractivity contribution in [2.24, 2.45) is 0 Å². The molecule has 0 fully saturated rings. The summed E-state index contributed by atoms with van der Waals surface area (Å²) in [5.74, 6) is 0. The molecular weight excluding hydrogens is 190 g/mol. The lowest BCUT2D eigenvalue weighted by molar-refractivity contribution is 0.184. The molecule has 0 saturated heterocycles. The summed E-state index contributed by atoms with van der Waals surface area (Å²) in [4.78, 5) is 3.80. The van der Waals surface area contributed by atoms with Crippen molar-refractivity contribution >= 4 is 9.84 Å². The zero-order valence-electron chi connectivity index (χ0n) is 7.52. The van der Waals surface area contributed by atoms with Crippen LogP contribution in [0.5, 0.6) is 0 Å². The molecule has 0 bridgehead atoms. The molecule has 0 spiro atoms. The minimum Gasteiger partial charge on any atom is -0.380 e. The van der Waals surface area contributed by atoms with Gasteiger partial charge in [-0.3, -0.25) is 0 Å². The number of nitrogens with zero attached hydrogens (tertiary/aromatic N) is 1. The topological polar surface area (TPSA) is 56.3 Å². The largest absolute Gasteiger partial charge is 0.380 e. The fourth-order valence-corrected chi connectivity index (χ4v) is 1.44. The van der Waals surface area contributed by atoms with Gasteiger partial charge in [0.25, 0.3) is 0 Å². The molecule has 0 aliphatic rings. The van der Waals surface area contributed by atoms with Gasteiger partial charge in [0, 0.05) is 19.6 Å². The van der Waals surface area contributed by atoms with Gasteiger partial charge in [-0.05, 0) is 11.6 Å². The summed E-state index contributed by atoms with van der Waals surface area (Å²) in [7, 11) is -1.61. The van der Waals surface area contributed by atoms with Gasteiger partial charge in [0.1, 0.15) is 0 Å². The Morgan fingerprint density at radius 3 is 2.54 bits per heavy atom. The zero-order chi connectivity index (χ0) is 9.90. The molecule has 1 heterocycles. The first-order valence-corrected chi connectivity index (χ1v) is 5.57. The van der Waals surface area contributed by atoms with Crippen molar-refractivity contribution in [2.75, 3.05) is 13.4 Å². The summed E-state index contributed by atoms with van der Waals surface area (Å²) in [6.07, 6.45) is 2.63. The van der Waals surface area contributed by atoms with Crippen LogP contribution in [0.2, 0.25) is 0 Å². The van der Waals surface area contributed by atoms with E-state index in [1.807, 2.05) is 0 Å². The number of aromatic nitrogens is 1. The Hall–Kier alpha value is -0.940. The lowest BCUT2D eigenvalue weighted by Crippen LogP contribution is -2.00. The summed E-state index contributed by atoms with van der Waals surface area (Å²) in [5, 5.41) is 0.0901. The van der Waals surface area contributed by atoms with Crippen molar-refractivity contribution in [2.45, 2.75) is 11.6 Å². The van der Waals surface area contributed by atoms with Crippen LogP contribution in [-0.2, 0) is 21.2 Å². The van der Waals surface area contributed by atoms with Gasteiger partial charge in [-0.25, -0.2) is 13.4 Å². The fraction of sp³-hybridized carbons (Fsp3) is 0.375. The van der Waals surface area contributed by atoms with Gasteiger partial charge in [0.05, 0.1) is 6.61 Å². The lowest BCUT2D eigenvalue weighted by atomic mass is 10.3. The predicted octanol–water partition coefficient (Wildman–Crippen LogP) is 0.632. The molecule has 0 aliphatic heterocycles. The van der Waals surface area contributed by atoms with Gasteiger partial charge < -0.3 is 4.74 Å². The minimum absolute atomic E-state index is 0.0901. The Morgan fingerprint density at radius 1 is 1.46 bits per heavy atom. The Morgan fingerprint density at radius 2 is 2.15 bits per heavy atom. The molecule has 1 aromatic rings. The summed E-state index contributed by atoms with van der Waals surface area (Å²) in [5.41, 5.74) is 0.856. The monoisotopic (exact) mass is 201 g/mol. The SMILES string of the molecule is COCc1ccc(S(C)(=O)=O)nc1. The van der Waals surface area contributed by atoms with Crippen molar-refractivity contribution in [3.8, 4) is 0 Å². The van der Waals surface area contributed by atoms with Crippen molar-refractivity contribution in [3.05, 3.63) is 23.9 Å². The van der Waals surface area contributed by atoms with Crippen LogP contribution >= 0.6 is 0 Å². The maximum Gasteiger partial charge on any atom is 0.192 e. The van der Waals surface area contributed by atoms with E-state index in [0.717, 1.165) is 11.8 Å². The molecule has 13 heavy (non-hydrogen) atoms. The molecule has 0 unspecified atom stereocenters. The number of hydrogen-bond acceptors (Lipinski definition) is 4. The third-order valence-corrected chi connectivity index (χ3v) is 2.49. The molecule has 0 atom stereocenters. The van der Waals surface area contributed by atoms with E-state index in [1.165, 1.54) is 12.3 Å². The minimum atomic E-state index is -3.19. The Labute approximate surface area is 77.5 Å². The molecule has 5 heteroatoms. The van der Waals surface area contributed by atoms with Gasteiger partial charge in [0.2, 0.25) is 0 Å². The van der Waals surface area contributed by atoms with Crippen LogP contribution in [0.1, 0.15) is 5.56 Å². The zero-order valence-corrected chi connectivity index (χ0v) is 8.34. The van der Waals surface area contributed by atoms with E-state index in [0.29, 0.717) is 6.61 Å². The van der Waals surface area contributed by atoms with Crippen LogP contribution in [-0.4, -0.2) is 26.8 Å². The standard InChI is InChI=1S/C8H11NO3S/c1-12-6-7-3-4-8(9-5-7)13(2,10)11/h3-5H,6H2,1-2H3. The molecule has 0 radical (unpaired) electrons. The van der Waals surface area contributed by atoms with Crippen LogP contribution < -0.4 is 0 Å². The smallest absolute Gasteiger partial charge is 0.192 e. The van der Waals surface area contributed by atoms with E-state index in [2.05, 4.69) is 4.98 Å².